The molecule has 2 rings (SSSR count). The van der Waals surface area contributed by atoms with Gasteiger partial charge in [-0.1, -0.05) is 12.1 Å². The first-order valence-corrected chi connectivity index (χ1v) is 4.78. The van der Waals surface area contributed by atoms with E-state index in [1.807, 2.05) is 0 Å². The summed E-state index contributed by atoms with van der Waals surface area (Å²) in [6.07, 6.45) is -4.89. The first-order valence-electron chi connectivity index (χ1n) is 4.78. The number of para-hydroxylation sites is 1. The fourth-order valence-corrected chi connectivity index (χ4v) is 1.63. The van der Waals surface area contributed by atoms with E-state index in [-0.39, 0.29) is 18.3 Å². The largest absolute Gasteiger partial charge is 0.454 e. The van der Waals surface area contributed by atoms with Crippen molar-refractivity contribution < 1.29 is 27.8 Å². The van der Waals surface area contributed by atoms with Gasteiger partial charge in [-0.05, 0) is 6.07 Å². The molecule has 0 fully saturated rings. The van der Waals surface area contributed by atoms with E-state index in [0.717, 1.165) is 6.07 Å². The summed E-state index contributed by atoms with van der Waals surface area (Å²) in [6, 6.07) is 3.92. The SMILES string of the molecule is NCC(O)(c1cccc2c1OCO2)C(F)(F)F. The van der Waals surface area contributed by atoms with Crippen LogP contribution in [0.2, 0.25) is 0 Å². The third kappa shape index (κ3) is 1.71. The van der Waals surface area contributed by atoms with E-state index in [4.69, 9.17) is 15.2 Å². The molecule has 1 aliphatic heterocycles. The second kappa shape index (κ2) is 3.78. The molecule has 17 heavy (non-hydrogen) atoms. The topological polar surface area (TPSA) is 64.7 Å². The normalized spacial score (nSPS) is 17.9. The lowest BCUT2D eigenvalue weighted by Gasteiger charge is -2.30. The summed E-state index contributed by atoms with van der Waals surface area (Å²) >= 11 is 0. The van der Waals surface area contributed by atoms with Gasteiger partial charge in [0.25, 0.3) is 0 Å². The molecule has 1 atom stereocenters. The van der Waals surface area contributed by atoms with Crippen LogP contribution in [0.4, 0.5) is 13.2 Å². The van der Waals surface area contributed by atoms with Gasteiger partial charge in [-0.2, -0.15) is 13.2 Å². The van der Waals surface area contributed by atoms with Crippen molar-refractivity contribution in [1.29, 1.82) is 0 Å². The van der Waals surface area contributed by atoms with Crippen molar-refractivity contribution in [3.63, 3.8) is 0 Å². The van der Waals surface area contributed by atoms with Crippen LogP contribution < -0.4 is 15.2 Å². The molecule has 0 radical (unpaired) electrons. The van der Waals surface area contributed by atoms with E-state index in [9.17, 15) is 18.3 Å². The predicted molar refractivity (Wildman–Crippen MR) is 51.6 cm³/mol. The number of hydrogen-bond donors (Lipinski definition) is 2. The number of alkyl halides is 3. The van der Waals surface area contributed by atoms with Gasteiger partial charge in [0.15, 0.2) is 11.5 Å². The summed E-state index contributed by atoms with van der Waals surface area (Å²) in [5.74, 6) is 0.0522. The van der Waals surface area contributed by atoms with E-state index < -0.39 is 23.9 Å². The summed E-state index contributed by atoms with van der Waals surface area (Å²) in [5.41, 5.74) is 1.49. The van der Waals surface area contributed by atoms with Gasteiger partial charge in [0.1, 0.15) is 0 Å². The molecule has 0 aliphatic carbocycles. The molecular weight excluding hydrogens is 239 g/mol. The number of hydrogen-bond acceptors (Lipinski definition) is 4. The molecule has 1 aromatic rings. The van der Waals surface area contributed by atoms with Crippen LogP contribution in [-0.2, 0) is 5.60 Å². The fourth-order valence-electron chi connectivity index (χ4n) is 1.63. The maximum atomic E-state index is 12.8. The molecule has 0 aromatic heterocycles. The zero-order chi connectivity index (χ0) is 12.7. The first-order chi connectivity index (χ1) is 7.90. The van der Waals surface area contributed by atoms with Crippen LogP contribution in [-0.4, -0.2) is 24.6 Å². The van der Waals surface area contributed by atoms with Crippen LogP contribution in [0.1, 0.15) is 5.56 Å². The zero-order valence-corrected chi connectivity index (χ0v) is 8.62. The van der Waals surface area contributed by atoms with Crippen molar-refractivity contribution >= 4 is 0 Å². The Kier molecular flexibility index (Phi) is 2.67. The molecule has 1 heterocycles. The molecular formula is C10H10F3NO3. The first kappa shape index (κ1) is 12.0. The quantitative estimate of drug-likeness (QED) is 0.824. The van der Waals surface area contributed by atoms with E-state index in [0.29, 0.717) is 0 Å². The Morgan fingerprint density at radius 1 is 1.29 bits per heavy atom. The molecule has 0 spiro atoms. The molecule has 1 unspecified atom stereocenters. The van der Waals surface area contributed by atoms with E-state index >= 15 is 0 Å². The highest BCUT2D eigenvalue weighted by Gasteiger charge is 2.56. The predicted octanol–water partition coefficient (Wildman–Crippen LogP) is 1.12. The third-order valence-corrected chi connectivity index (χ3v) is 2.61. The molecule has 0 bridgehead atoms. The summed E-state index contributed by atoms with van der Waals surface area (Å²) in [7, 11) is 0. The monoisotopic (exact) mass is 249 g/mol. The van der Waals surface area contributed by atoms with Gasteiger partial charge < -0.3 is 20.3 Å². The summed E-state index contributed by atoms with van der Waals surface area (Å²) in [4.78, 5) is 0. The lowest BCUT2D eigenvalue weighted by Crippen LogP contribution is -2.48. The third-order valence-electron chi connectivity index (χ3n) is 2.61. The van der Waals surface area contributed by atoms with Crippen molar-refractivity contribution in [2.75, 3.05) is 13.3 Å². The second-order valence-corrected chi connectivity index (χ2v) is 3.60. The average Bonchev–Trinajstić information content (AvgIpc) is 2.73. The van der Waals surface area contributed by atoms with Gasteiger partial charge in [0, 0.05) is 12.1 Å². The van der Waals surface area contributed by atoms with Crippen LogP contribution in [0.5, 0.6) is 11.5 Å². The van der Waals surface area contributed by atoms with E-state index in [2.05, 4.69) is 0 Å². The molecule has 3 N–H and O–H groups in total. The van der Waals surface area contributed by atoms with Crippen LogP contribution in [0.25, 0.3) is 0 Å². The smallest absolute Gasteiger partial charge is 0.422 e. The summed E-state index contributed by atoms with van der Waals surface area (Å²) < 4.78 is 48.4. The molecule has 0 saturated heterocycles. The number of nitrogens with two attached hydrogens (primary N) is 1. The van der Waals surface area contributed by atoms with E-state index in [1.54, 1.807) is 0 Å². The minimum Gasteiger partial charge on any atom is -0.454 e. The van der Waals surface area contributed by atoms with E-state index in [1.165, 1.54) is 12.1 Å². The van der Waals surface area contributed by atoms with Crippen molar-refractivity contribution in [3.05, 3.63) is 23.8 Å². The van der Waals surface area contributed by atoms with Gasteiger partial charge in [-0.3, -0.25) is 0 Å². The molecule has 1 aliphatic rings. The highest BCUT2D eigenvalue weighted by atomic mass is 19.4. The minimum absolute atomic E-state index is 0.113. The Bertz CT molecular complexity index is 435. The van der Waals surface area contributed by atoms with Crippen molar-refractivity contribution in [2.45, 2.75) is 11.8 Å². The molecule has 7 heteroatoms. The Morgan fingerprint density at radius 2 is 2.00 bits per heavy atom. The Labute approximate surface area is 94.7 Å². The van der Waals surface area contributed by atoms with Crippen LogP contribution >= 0.6 is 0 Å². The van der Waals surface area contributed by atoms with Gasteiger partial charge >= 0.3 is 6.18 Å². The molecule has 4 nitrogen and oxygen atoms in total. The molecule has 1 aromatic carbocycles. The Morgan fingerprint density at radius 3 is 2.59 bits per heavy atom. The number of ether oxygens (including phenoxy) is 2. The second-order valence-electron chi connectivity index (χ2n) is 3.60. The average molecular weight is 249 g/mol. The van der Waals surface area contributed by atoms with Crippen molar-refractivity contribution in [2.24, 2.45) is 5.73 Å². The lowest BCUT2D eigenvalue weighted by molar-refractivity contribution is -0.262. The fraction of sp³-hybridized carbons (Fsp3) is 0.400. The van der Waals surface area contributed by atoms with Gasteiger partial charge in [0.2, 0.25) is 12.4 Å². The van der Waals surface area contributed by atoms with Gasteiger partial charge in [-0.15, -0.1) is 0 Å². The van der Waals surface area contributed by atoms with Crippen LogP contribution in [0.3, 0.4) is 0 Å². The van der Waals surface area contributed by atoms with Gasteiger partial charge in [0.05, 0.1) is 0 Å². The number of fused-ring (bicyclic) bond motifs is 1. The summed E-state index contributed by atoms with van der Waals surface area (Å²) in [5, 5.41) is 9.71. The van der Waals surface area contributed by atoms with Crippen LogP contribution in [0, 0.1) is 0 Å². The number of halogens is 3. The maximum absolute atomic E-state index is 12.8. The standard InChI is InChI=1S/C10H10F3NO3/c11-10(12,13)9(15,4-14)6-2-1-3-7-8(6)17-5-16-7/h1-3,15H,4-5,14H2. The van der Waals surface area contributed by atoms with Crippen LogP contribution in [0.15, 0.2) is 18.2 Å². The Balaban J connectivity index is 2.56. The Hall–Kier alpha value is -1.47. The van der Waals surface area contributed by atoms with Crippen molar-refractivity contribution in [1.82, 2.24) is 0 Å². The maximum Gasteiger partial charge on any atom is 0.422 e. The number of rotatable bonds is 2. The number of benzene rings is 1. The van der Waals surface area contributed by atoms with Crippen molar-refractivity contribution in [3.8, 4) is 11.5 Å². The molecule has 0 amide bonds. The lowest BCUT2D eigenvalue weighted by atomic mass is 9.92. The molecule has 94 valence electrons. The zero-order valence-electron chi connectivity index (χ0n) is 8.62. The number of aliphatic hydroxyl groups is 1. The molecule has 0 saturated carbocycles. The summed E-state index contributed by atoms with van der Waals surface area (Å²) in [6.45, 7) is -1.17. The van der Waals surface area contributed by atoms with Gasteiger partial charge in [-0.25, -0.2) is 0 Å². The highest BCUT2D eigenvalue weighted by molar-refractivity contribution is 5.51. The minimum atomic E-state index is -4.89. The highest BCUT2D eigenvalue weighted by Crippen LogP contribution is 2.46.